The van der Waals surface area contributed by atoms with Crippen LogP contribution in [-0.2, 0) is 14.6 Å². The number of aromatic nitrogens is 1. The van der Waals surface area contributed by atoms with Gasteiger partial charge in [-0.25, -0.2) is 13.4 Å². The molecule has 1 amide bonds. The van der Waals surface area contributed by atoms with Crippen molar-refractivity contribution in [2.75, 3.05) is 31.4 Å². The van der Waals surface area contributed by atoms with Crippen LogP contribution in [0.25, 0.3) is 10.2 Å². The molecule has 1 aliphatic heterocycles. The Balaban J connectivity index is 1.83. The number of aryl methyl sites for hydroxylation is 1. The number of nitrogens with zero attached hydrogens (tertiary/aromatic N) is 2. The van der Waals surface area contributed by atoms with E-state index in [0.717, 1.165) is 29.4 Å². The number of fused-ring (bicyclic) bond motifs is 1. The maximum absolute atomic E-state index is 13.7. The molecule has 2 aromatic carbocycles. The van der Waals surface area contributed by atoms with Gasteiger partial charge >= 0.3 is 0 Å². The van der Waals surface area contributed by atoms with Crippen molar-refractivity contribution in [3.63, 3.8) is 0 Å². The van der Waals surface area contributed by atoms with Crippen molar-refractivity contribution in [2.24, 2.45) is 0 Å². The Morgan fingerprint density at radius 1 is 1.29 bits per heavy atom. The van der Waals surface area contributed by atoms with Gasteiger partial charge in [0.05, 0.1) is 34.9 Å². The molecular weight excluding hydrogens is 436 g/mol. The van der Waals surface area contributed by atoms with E-state index in [2.05, 4.69) is 0 Å². The quantitative estimate of drug-likeness (QED) is 0.556. The molecule has 2 heterocycles. The van der Waals surface area contributed by atoms with Gasteiger partial charge in [0.1, 0.15) is 11.3 Å². The minimum atomic E-state index is -3.58. The Hall–Kier alpha value is -2.49. The molecule has 0 spiro atoms. The third kappa shape index (κ3) is 4.30. The summed E-state index contributed by atoms with van der Waals surface area (Å²) in [4.78, 5) is 19.9. The van der Waals surface area contributed by atoms with Gasteiger partial charge < -0.3 is 9.47 Å². The zero-order valence-electron chi connectivity index (χ0n) is 17.6. The van der Waals surface area contributed by atoms with Gasteiger partial charge in [0.15, 0.2) is 15.0 Å². The predicted octanol–water partition coefficient (Wildman–Crippen LogP) is 3.84. The average molecular weight is 461 g/mol. The standard InChI is InChI=1S/C22H24N2O5S2/c1-14-10-11-17(28-2)19-20(14)30-22(23-19)24(13-15-7-6-12-29-15)21(25)16-8-4-5-9-18(16)31(3,26)27/h4-5,8-11,15H,6-7,12-13H2,1-3H3. The molecule has 0 N–H and O–H groups in total. The molecule has 0 saturated carbocycles. The highest BCUT2D eigenvalue weighted by Gasteiger charge is 2.30. The van der Waals surface area contributed by atoms with Crippen molar-refractivity contribution >= 4 is 42.4 Å². The van der Waals surface area contributed by atoms with Crippen LogP contribution < -0.4 is 9.64 Å². The number of rotatable bonds is 6. The Morgan fingerprint density at radius 3 is 2.74 bits per heavy atom. The summed E-state index contributed by atoms with van der Waals surface area (Å²) < 4.78 is 36.8. The Kier molecular flexibility index (Phi) is 6.00. The van der Waals surface area contributed by atoms with Gasteiger partial charge in [0, 0.05) is 12.9 Å². The molecular formula is C22H24N2O5S2. The SMILES string of the molecule is COc1ccc(C)c2sc(N(CC3CCCO3)C(=O)c3ccccc3S(C)(=O)=O)nc12. The molecule has 0 bridgehead atoms. The normalized spacial score (nSPS) is 16.5. The smallest absolute Gasteiger partial charge is 0.261 e. The van der Waals surface area contributed by atoms with Gasteiger partial charge in [-0.3, -0.25) is 9.69 Å². The fourth-order valence-electron chi connectivity index (χ4n) is 3.73. The highest BCUT2D eigenvalue weighted by Crippen LogP contribution is 2.37. The van der Waals surface area contributed by atoms with Gasteiger partial charge in [0.2, 0.25) is 0 Å². The highest BCUT2D eigenvalue weighted by molar-refractivity contribution is 7.90. The minimum absolute atomic E-state index is 0.00668. The number of benzene rings is 2. The molecule has 9 heteroatoms. The molecule has 0 radical (unpaired) electrons. The van der Waals surface area contributed by atoms with Crippen molar-refractivity contribution in [2.45, 2.75) is 30.8 Å². The van der Waals surface area contributed by atoms with Crippen LogP contribution in [0.5, 0.6) is 5.75 Å². The number of ether oxygens (including phenoxy) is 2. The molecule has 1 atom stereocenters. The van der Waals surface area contributed by atoms with Crippen LogP contribution in [0.2, 0.25) is 0 Å². The fraction of sp³-hybridized carbons (Fsp3) is 0.364. The first-order chi connectivity index (χ1) is 14.8. The number of methoxy groups -OCH3 is 1. The fourth-order valence-corrected chi connectivity index (χ4v) is 5.67. The summed E-state index contributed by atoms with van der Waals surface area (Å²) >= 11 is 1.39. The number of carbonyl (C=O) groups excluding carboxylic acids is 1. The number of thiazole rings is 1. The monoisotopic (exact) mass is 460 g/mol. The summed E-state index contributed by atoms with van der Waals surface area (Å²) in [6.07, 6.45) is 2.75. The summed E-state index contributed by atoms with van der Waals surface area (Å²) in [5.41, 5.74) is 1.84. The lowest BCUT2D eigenvalue weighted by atomic mass is 10.1. The van der Waals surface area contributed by atoms with E-state index in [-0.39, 0.29) is 16.6 Å². The van der Waals surface area contributed by atoms with Crippen LogP contribution in [0.4, 0.5) is 5.13 Å². The highest BCUT2D eigenvalue weighted by atomic mass is 32.2. The molecule has 4 rings (SSSR count). The Bertz CT molecular complexity index is 1230. The van der Waals surface area contributed by atoms with Crippen molar-refractivity contribution in [3.8, 4) is 5.75 Å². The first-order valence-corrected chi connectivity index (χ1v) is 12.7. The molecule has 1 saturated heterocycles. The summed E-state index contributed by atoms with van der Waals surface area (Å²) in [6.45, 7) is 2.94. The van der Waals surface area contributed by atoms with Crippen molar-refractivity contribution in [1.29, 1.82) is 0 Å². The van der Waals surface area contributed by atoms with Gasteiger partial charge in [0.25, 0.3) is 5.91 Å². The van der Waals surface area contributed by atoms with Crippen molar-refractivity contribution < 1.29 is 22.7 Å². The van der Waals surface area contributed by atoms with E-state index >= 15 is 0 Å². The molecule has 0 aliphatic carbocycles. The maximum atomic E-state index is 13.7. The van der Waals surface area contributed by atoms with Crippen LogP contribution in [-0.4, -0.2) is 51.9 Å². The van der Waals surface area contributed by atoms with Gasteiger partial charge in [-0.1, -0.05) is 29.5 Å². The topological polar surface area (TPSA) is 85.8 Å². The Labute approximate surface area is 185 Å². The van der Waals surface area contributed by atoms with E-state index < -0.39 is 15.7 Å². The molecule has 1 unspecified atom stereocenters. The summed E-state index contributed by atoms with van der Waals surface area (Å²) in [5, 5.41) is 0.492. The van der Waals surface area contributed by atoms with E-state index in [4.69, 9.17) is 14.5 Å². The van der Waals surface area contributed by atoms with Gasteiger partial charge in [-0.2, -0.15) is 0 Å². The second kappa shape index (κ2) is 8.57. The number of anilines is 1. The minimum Gasteiger partial charge on any atom is -0.494 e. The van der Waals surface area contributed by atoms with Gasteiger partial charge in [-0.15, -0.1) is 0 Å². The molecule has 164 valence electrons. The van der Waals surface area contributed by atoms with Gasteiger partial charge in [-0.05, 0) is 43.5 Å². The lowest BCUT2D eigenvalue weighted by Gasteiger charge is -2.24. The number of amides is 1. The predicted molar refractivity (Wildman–Crippen MR) is 121 cm³/mol. The van der Waals surface area contributed by atoms with Crippen LogP contribution in [0.15, 0.2) is 41.3 Å². The third-order valence-electron chi connectivity index (χ3n) is 5.32. The largest absolute Gasteiger partial charge is 0.494 e. The second-order valence-electron chi connectivity index (χ2n) is 7.58. The lowest BCUT2D eigenvalue weighted by molar-refractivity contribution is 0.0915. The first kappa shape index (κ1) is 21.7. The van der Waals surface area contributed by atoms with Crippen LogP contribution in [0.1, 0.15) is 28.8 Å². The summed E-state index contributed by atoms with van der Waals surface area (Å²) in [6, 6.07) is 10.1. The van der Waals surface area contributed by atoms with E-state index in [1.54, 1.807) is 30.2 Å². The van der Waals surface area contributed by atoms with E-state index in [0.29, 0.717) is 29.5 Å². The number of sulfone groups is 1. The first-order valence-electron chi connectivity index (χ1n) is 9.96. The Morgan fingerprint density at radius 2 is 2.06 bits per heavy atom. The van der Waals surface area contributed by atoms with E-state index in [9.17, 15) is 13.2 Å². The number of hydrogen-bond donors (Lipinski definition) is 0. The number of carbonyl (C=O) groups is 1. The summed E-state index contributed by atoms with van der Waals surface area (Å²) in [7, 11) is -2.00. The molecule has 3 aromatic rings. The lowest BCUT2D eigenvalue weighted by Crippen LogP contribution is -2.38. The van der Waals surface area contributed by atoms with Crippen LogP contribution in [0.3, 0.4) is 0 Å². The molecule has 1 fully saturated rings. The third-order valence-corrected chi connectivity index (χ3v) is 7.68. The van der Waals surface area contributed by atoms with Crippen LogP contribution in [0, 0.1) is 6.92 Å². The van der Waals surface area contributed by atoms with E-state index in [1.807, 2.05) is 19.1 Å². The molecule has 31 heavy (non-hydrogen) atoms. The zero-order valence-corrected chi connectivity index (χ0v) is 19.3. The number of hydrogen-bond acceptors (Lipinski definition) is 7. The summed E-state index contributed by atoms with van der Waals surface area (Å²) in [5.74, 6) is 0.219. The van der Waals surface area contributed by atoms with Crippen molar-refractivity contribution in [1.82, 2.24) is 4.98 Å². The molecule has 1 aliphatic rings. The molecule has 1 aromatic heterocycles. The zero-order chi connectivity index (χ0) is 22.2. The maximum Gasteiger partial charge on any atom is 0.261 e. The van der Waals surface area contributed by atoms with Crippen molar-refractivity contribution in [3.05, 3.63) is 47.5 Å². The average Bonchev–Trinajstić information content (AvgIpc) is 3.41. The van der Waals surface area contributed by atoms with Crippen LogP contribution >= 0.6 is 11.3 Å². The van der Waals surface area contributed by atoms with E-state index in [1.165, 1.54) is 17.4 Å². The molecule has 7 nitrogen and oxygen atoms in total. The second-order valence-corrected chi connectivity index (χ2v) is 10.5.